The van der Waals surface area contributed by atoms with Crippen LogP contribution in [0.1, 0.15) is 25.7 Å². The van der Waals surface area contributed by atoms with E-state index in [1.54, 1.807) is 0 Å². The normalized spacial score (nSPS) is 21.3. The maximum absolute atomic E-state index is 11.4. The van der Waals surface area contributed by atoms with E-state index in [2.05, 4.69) is 22.0 Å². The molecule has 1 saturated heterocycles. The largest absolute Gasteiger partial charge is 0.342 e. The molecule has 1 heterocycles. The van der Waals surface area contributed by atoms with Gasteiger partial charge in [0.2, 0.25) is 5.91 Å². The fourth-order valence-electron chi connectivity index (χ4n) is 1.68. The maximum Gasteiger partial charge on any atom is 0.222 e. The molecule has 1 atom stereocenters. The van der Waals surface area contributed by atoms with Crippen molar-refractivity contribution in [3.8, 4) is 6.07 Å². The highest BCUT2D eigenvalue weighted by Gasteiger charge is 2.27. The Morgan fingerprint density at radius 1 is 1.57 bits per heavy atom. The standard InChI is InChI=1S/C10H15BrN2O/c11-7-9-6-10(14)13(8-9)5-3-1-2-4-12/h9H,1-3,5-8H2. The molecule has 78 valence electrons. The number of amides is 1. The van der Waals surface area contributed by atoms with E-state index in [9.17, 15) is 4.79 Å². The number of carbonyl (C=O) groups is 1. The van der Waals surface area contributed by atoms with Crippen LogP contribution in [0.3, 0.4) is 0 Å². The fraction of sp³-hybridized carbons (Fsp3) is 0.800. The Balaban J connectivity index is 2.19. The van der Waals surface area contributed by atoms with Gasteiger partial charge in [-0.15, -0.1) is 0 Å². The van der Waals surface area contributed by atoms with Crippen LogP contribution in [0.2, 0.25) is 0 Å². The number of halogens is 1. The number of nitriles is 1. The van der Waals surface area contributed by atoms with Crippen LogP contribution in [-0.4, -0.2) is 29.2 Å². The van der Waals surface area contributed by atoms with Crippen LogP contribution in [0.25, 0.3) is 0 Å². The summed E-state index contributed by atoms with van der Waals surface area (Å²) < 4.78 is 0. The molecule has 1 fully saturated rings. The van der Waals surface area contributed by atoms with Gasteiger partial charge < -0.3 is 4.90 Å². The second-order valence-electron chi connectivity index (χ2n) is 3.68. The number of hydrogen-bond donors (Lipinski definition) is 0. The van der Waals surface area contributed by atoms with Crippen molar-refractivity contribution in [3.05, 3.63) is 0 Å². The number of alkyl halides is 1. The van der Waals surface area contributed by atoms with Crippen molar-refractivity contribution < 1.29 is 4.79 Å². The summed E-state index contributed by atoms with van der Waals surface area (Å²) in [5.41, 5.74) is 0. The minimum atomic E-state index is 0.270. The number of unbranched alkanes of at least 4 members (excludes halogenated alkanes) is 2. The first-order valence-corrected chi connectivity index (χ1v) is 6.10. The second-order valence-corrected chi connectivity index (χ2v) is 4.33. The van der Waals surface area contributed by atoms with E-state index in [1.807, 2.05) is 4.90 Å². The van der Waals surface area contributed by atoms with Crippen molar-refractivity contribution in [2.45, 2.75) is 25.7 Å². The van der Waals surface area contributed by atoms with Crippen LogP contribution in [0.4, 0.5) is 0 Å². The van der Waals surface area contributed by atoms with E-state index in [0.717, 1.165) is 31.3 Å². The average molecular weight is 259 g/mol. The summed E-state index contributed by atoms with van der Waals surface area (Å²) >= 11 is 3.40. The van der Waals surface area contributed by atoms with Gasteiger partial charge >= 0.3 is 0 Å². The van der Waals surface area contributed by atoms with E-state index < -0.39 is 0 Å². The molecule has 0 radical (unpaired) electrons. The van der Waals surface area contributed by atoms with Gasteiger partial charge in [-0.2, -0.15) is 5.26 Å². The SMILES string of the molecule is N#CCCCCN1CC(CBr)CC1=O. The molecule has 1 amide bonds. The van der Waals surface area contributed by atoms with Crippen molar-refractivity contribution in [2.24, 2.45) is 5.92 Å². The Hall–Kier alpha value is -0.560. The summed E-state index contributed by atoms with van der Waals surface area (Å²) in [6, 6.07) is 2.11. The van der Waals surface area contributed by atoms with Crippen molar-refractivity contribution in [1.29, 1.82) is 5.26 Å². The van der Waals surface area contributed by atoms with Crippen LogP contribution >= 0.6 is 15.9 Å². The first-order valence-electron chi connectivity index (χ1n) is 4.98. The fourth-order valence-corrected chi connectivity index (χ4v) is 2.11. The van der Waals surface area contributed by atoms with Gasteiger partial charge in [0.25, 0.3) is 0 Å². The number of hydrogen-bond acceptors (Lipinski definition) is 2. The molecular formula is C10H15BrN2O. The van der Waals surface area contributed by atoms with E-state index in [4.69, 9.17) is 5.26 Å². The Labute approximate surface area is 93.2 Å². The van der Waals surface area contributed by atoms with Gasteiger partial charge in [0.15, 0.2) is 0 Å². The molecule has 0 aromatic heterocycles. The molecule has 14 heavy (non-hydrogen) atoms. The monoisotopic (exact) mass is 258 g/mol. The van der Waals surface area contributed by atoms with Crippen LogP contribution in [0.5, 0.6) is 0 Å². The quantitative estimate of drug-likeness (QED) is 0.559. The van der Waals surface area contributed by atoms with E-state index in [-0.39, 0.29) is 5.91 Å². The first-order chi connectivity index (χ1) is 6.77. The van der Waals surface area contributed by atoms with Crippen LogP contribution in [-0.2, 0) is 4.79 Å². The van der Waals surface area contributed by atoms with E-state index in [0.29, 0.717) is 18.8 Å². The topological polar surface area (TPSA) is 44.1 Å². The summed E-state index contributed by atoms with van der Waals surface area (Å²) in [5.74, 6) is 0.755. The van der Waals surface area contributed by atoms with Gasteiger partial charge in [-0.1, -0.05) is 15.9 Å². The molecular weight excluding hydrogens is 244 g/mol. The van der Waals surface area contributed by atoms with Gasteiger partial charge in [-0.05, 0) is 18.8 Å². The molecule has 0 N–H and O–H groups in total. The average Bonchev–Trinajstić information content (AvgIpc) is 2.54. The molecule has 0 bridgehead atoms. The van der Waals surface area contributed by atoms with Crippen molar-refractivity contribution in [3.63, 3.8) is 0 Å². The third kappa shape index (κ3) is 3.30. The summed E-state index contributed by atoms with van der Waals surface area (Å²) in [6.07, 6.45) is 3.14. The van der Waals surface area contributed by atoms with Crippen LogP contribution in [0, 0.1) is 17.2 Å². The molecule has 0 aliphatic carbocycles. The zero-order valence-corrected chi connectivity index (χ0v) is 9.79. The third-order valence-electron chi connectivity index (χ3n) is 2.48. The highest BCUT2D eigenvalue weighted by molar-refractivity contribution is 9.09. The lowest BCUT2D eigenvalue weighted by Gasteiger charge is -2.15. The van der Waals surface area contributed by atoms with Gasteiger partial charge in [0, 0.05) is 31.3 Å². The van der Waals surface area contributed by atoms with E-state index >= 15 is 0 Å². The summed E-state index contributed by atoms with van der Waals surface area (Å²) in [7, 11) is 0. The van der Waals surface area contributed by atoms with Crippen molar-refractivity contribution >= 4 is 21.8 Å². The van der Waals surface area contributed by atoms with Gasteiger partial charge in [-0.3, -0.25) is 4.79 Å². The second kappa shape index (κ2) is 6.02. The first kappa shape index (κ1) is 11.5. The zero-order valence-electron chi connectivity index (χ0n) is 8.21. The third-order valence-corrected chi connectivity index (χ3v) is 3.40. The van der Waals surface area contributed by atoms with Gasteiger partial charge in [-0.25, -0.2) is 0 Å². The number of likely N-dealkylation sites (tertiary alicyclic amines) is 1. The van der Waals surface area contributed by atoms with Gasteiger partial charge in [0.05, 0.1) is 6.07 Å². The molecule has 1 aliphatic rings. The Kier molecular flexibility index (Phi) is 4.95. The van der Waals surface area contributed by atoms with Crippen LogP contribution < -0.4 is 0 Å². The van der Waals surface area contributed by atoms with Gasteiger partial charge in [0.1, 0.15) is 0 Å². The number of nitrogens with zero attached hydrogens (tertiary/aromatic N) is 2. The molecule has 0 aromatic carbocycles. The molecule has 0 saturated carbocycles. The highest BCUT2D eigenvalue weighted by atomic mass is 79.9. The summed E-state index contributed by atoms with van der Waals surface area (Å²) in [4.78, 5) is 13.4. The van der Waals surface area contributed by atoms with Crippen molar-refractivity contribution in [1.82, 2.24) is 4.90 Å². The summed E-state index contributed by atoms with van der Waals surface area (Å²) in [6.45, 7) is 1.71. The molecule has 0 spiro atoms. The smallest absolute Gasteiger partial charge is 0.222 e. The predicted octanol–water partition coefficient (Wildman–Crippen LogP) is 1.92. The molecule has 0 aromatic rings. The molecule has 1 unspecified atom stereocenters. The Bertz CT molecular complexity index is 237. The molecule has 3 nitrogen and oxygen atoms in total. The lowest BCUT2D eigenvalue weighted by atomic mass is 10.2. The lowest BCUT2D eigenvalue weighted by Crippen LogP contribution is -2.26. The Morgan fingerprint density at radius 2 is 2.36 bits per heavy atom. The molecule has 1 aliphatic heterocycles. The highest BCUT2D eigenvalue weighted by Crippen LogP contribution is 2.19. The minimum Gasteiger partial charge on any atom is -0.342 e. The van der Waals surface area contributed by atoms with Crippen LogP contribution in [0.15, 0.2) is 0 Å². The van der Waals surface area contributed by atoms with Crippen molar-refractivity contribution in [2.75, 3.05) is 18.4 Å². The maximum atomic E-state index is 11.4. The minimum absolute atomic E-state index is 0.270. The number of rotatable bonds is 5. The zero-order chi connectivity index (χ0) is 10.4. The lowest BCUT2D eigenvalue weighted by molar-refractivity contribution is -0.127. The number of carbonyl (C=O) groups excluding carboxylic acids is 1. The predicted molar refractivity (Wildman–Crippen MR) is 57.9 cm³/mol. The Morgan fingerprint density at radius 3 is 2.93 bits per heavy atom. The van der Waals surface area contributed by atoms with E-state index in [1.165, 1.54) is 0 Å². The molecule has 4 heteroatoms. The summed E-state index contributed by atoms with van der Waals surface area (Å²) in [5, 5.41) is 9.26. The molecule has 1 rings (SSSR count).